The largest absolute Gasteiger partial charge is 0.369 e. The molecule has 0 unspecified atom stereocenters. The van der Waals surface area contributed by atoms with Crippen molar-refractivity contribution in [3.63, 3.8) is 0 Å². The van der Waals surface area contributed by atoms with Crippen molar-refractivity contribution in [1.82, 2.24) is 10.3 Å². The molecule has 29 heavy (non-hydrogen) atoms. The lowest BCUT2D eigenvalue weighted by Crippen LogP contribution is -2.53. The number of rotatable bonds is 8. The van der Waals surface area contributed by atoms with E-state index in [4.69, 9.17) is 5.73 Å². The van der Waals surface area contributed by atoms with E-state index < -0.39 is 0 Å². The van der Waals surface area contributed by atoms with Crippen LogP contribution in [-0.2, 0) is 14.4 Å². The van der Waals surface area contributed by atoms with Gasteiger partial charge in [-0.2, -0.15) is 0 Å². The zero-order valence-corrected chi connectivity index (χ0v) is 18.3. The van der Waals surface area contributed by atoms with Crippen molar-refractivity contribution < 1.29 is 14.4 Å². The smallest absolute Gasteiger partial charge is 0.227 e. The van der Waals surface area contributed by atoms with Gasteiger partial charge < -0.3 is 16.4 Å². The third kappa shape index (κ3) is 4.60. The highest BCUT2D eigenvalue weighted by molar-refractivity contribution is 8.01. The van der Waals surface area contributed by atoms with E-state index in [2.05, 4.69) is 15.6 Å². The van der Waals surface area contributed by atoms with Gasteiger partial charge in [0.25, 0.3) is 0 Å². The van der Waals surface area contributed by atoms with Crippen molar-refractivity contribution in [1.29, 1.82) is 0 Å². The average Bonchev–Trinajstić information content (AvgIpc) is 2.97. The van der Waals surface area contributed by atoms with Crippen LogP contribution in [0, 0.1) is 30.1 Å². The zero-order valence-electron chi connectivity index (χ0n) is 16.7. The van der Waals surface area contributed by atoms with E-state index in [0.717, 1.165) is 46.9 Å². The Morgan fingerprint density at radius 2 is 1.79 bits per heavy atom. The highest BCUT2D eigenvalue weighted by Gasteiger charge is 2.54. The first-order chi connectivity index (χ1) is 13.8. The molecule has 0 radical (unpaired) electrons. The summed E-state index contributed by atoms with van der Waals surface area (Å²) in [5.74, 6) is 1.96. The summed E-state index contributed by atoms with van der Waals surface area (Å²) < 4.78 is 0.870. The summed E-state index contributed by atoms with van der Waals surface area (Å²) in [7, 11) is 0. The molecule has 5 rings (SSSR count). The van der Waals surface area contributed by atoms with Crippen LogP contribution in [0.1, 0.15) is 50.6 Å². The number of nitrogens with one attached hydrogen (secondary N) is 2. The molecule has 0 saturated heterocycles. The van der Waals surface area contributed by atoms with Crippen LogP contribution in [0.2, 0.25) is 0 Å². The minimum absolute atomic E-state index is 0.152. The summed E-state index contributed by atoms with van der Waals surface area (Å²) in [5, 5.41) is 6.33. The number of thioether (sulfide) groups is 1. The number of hydrogen-bond donors (Lipinski definition) is 3. The molecule has 4 aliphatic carbocycles. The quantitative estimate of drug-likeness (QED) is 0.542. The van der Waals surface area contributed by atoms with Crippen LogP contribution >= 0.6 is 23.1 Å². The first kappa shape index (κ1) is 20.7. The van der Waals surface area contributed by atoms with E-state index in [0.29, 0.717) is 11.7 Å². The van der Waals surface area contributed by atoms with Crippen molar-refractivity contribution in [2.45, 2.75) is 56.1 Å². The average molecular weight is 437 g/mol. The summed E-state index contributed by atoms with van der Waals surface area (Å²) in [4.78, 5) is 40.4. The highest BCUT2D eigenvalue weighted by Crippen LogP contribution is 2.60. The van der Waals surface area contributed by atoms with E-state index in [9.17, 15) is 14.4 Å². The molecule has 4 N–H and O–H groups in total. The third-order valence-electron chi connectivity index (χ3n) is 6.50. The first-order valence-corrected chi connectivity index (χ1v) is 12.1. The van der Waals surface area contributed by atoms with Gasteiger partial charge in [-0.15, -0.1) is 11.8 Å². The maximum atomic E-state index is 12.9. The number of anilines is 1. The molecule has 0 spiro atoms. The summed E-state index contributed by atoms with van der Waals surface area (Å²) in [5.41, 5.74) is 5.77. The second-order valence-electron chi connectivity index (χ2n) is 8.90. The molecule has 3 amide bonds. The third-order valence-corrected chi connectivity index (χ3v) is 8.96. The lowest BCUT2D eigenvalue weighted by Gasteiger charge is -2.55. The van der Waals surface area contributed by atoms with E-state index >= 15 is 0 Å². The van der Waals surface area contributed by atoms with Crippen LogP contribution in [0.4, 0.5) is 5.13 Å². The number of amides is 3. The second-order valence-corrected chi connectivity index (χ2v) is 11.1. The predicted molar refractivity (Wildman–Crippen MR) is 114 cm³/mol. The molecule has 1 aromatic rings. The molecular formula is C20H28N4O3S2. The molecule has 0 aromatic carbocycles. The normalized spacial score (nSPS) is 29.6. The number of thiazole rings is 1. The fourth-order valence-electron chi connectivity index (χ4n) is 5.75. The minimum atomic E-state index is -0.386. The molecule has 1 aromatic heterocycles. The molecule has 4 saturated carbocycles. The molecule has 9 heteroatoms. The predicted octanol–water partition coefficient (Wildman–Crippen LogP) is 2.69. The van der Waals surface area contributed by atoms with Crippen LogP contribution in [-0.4, -0.2) is 35.0 Å². The molecule has 4 fully saturated rings. The van der Waals surface area contributed by atoms with E-state index in [1.807, 2.05) is 6.92 Å². The first-order valence-electron chi connectivity index (χ1n) is 10.3. The van der Waals surface area contributed by atoms with Crippen LogP contribution in [0.5, 0.6) is 0 Å². The van der Waals surface area contributed by atoms with Crippen molar-refractivity contribution >= 4 is 46.0 Å². The van der Waals surface area contributed by atoms with Crippen LogP contribution < -0.4 is 16.4 Å². The van der Waals surface area contributed by atoms with Crippen molar-refractivity contribution in [3.8, 4) is 0 Å². The Kier molecular flexibility index (Phi) is 5.88. The number of aryl methyl sites for hydroxylation is 1. The number of hydrogen-bond acceptors (Lipinski definition) is 6. The van der Waals surface area contributed by atoms with Crippen molar-refractivity contribution in [3.05, 3.63) is 5.69 Å². The van der Waals surface area contributed by atoms with Gasteiger partial charge in [0.2, 0.25) is 17.7 Å². The van der Waals surface area contributed by atoms with Crippen LogP contribution in [0.3, 0.4) is 0 Å². The fourth-order valence-corrected chi connectivity index (χ4v) is 7.65. The molecule has 4 bridgehead atoms. The maximum Gasteiger partial charge on any atom is 0.227 e. The summed E-state index contributed by atoms with van der Waals surface area (Å²) in [6.45, 7) is 2.18. The standard InChI is InChI=1S/C20H28N4O3S2/c1-11-17(28-10-15(21)25)29-19(23-11)24-16(26)2-3-22-18(27)20-7-12-4-13(8-20)6-14(5-12)9-20/h12-14H,2-10H2,1H3,(H2,21,25)(H,22,27)(H,23,24,26). The van der Waals surface area contributed by atoms with Gasteiger partial charge in [0.1, 0.15) is 0 Å². The van der Waals surface area contributed by atoms with Gasteiger partial charge in [0, 0.05) is 18.4 Å². The van der Waals surface area contributed by atoms with Gasteiger partial charge in [-0.1, -0.05) is 11.3 Å². The van der Waals surface area contributed by atoms with E-state index in [1.54, 1.807) is 0 Å². The van der Waals surface area contributed by atoms with E-state index in [-0.39, 0.29) is 35.3 Å². The van der Waals surface area contributed by atoms with Crippen molar-refractivity contribution in [2.24, 2.45) is 28.9 Å². The molecule has 7 nitrogen and oxygen atoms in total. The number of aromatic nitrogens is 1. The molecule has 4 aliphatic rings. The minimum Gasteiger partial charge on any atom is -0.369 e. The number of carbonyl (C=O) groups excluding carboxylic acids is 3. The molecule has 0 aliphatic heterocycles. The Hall–Kier alpha value is -1.61. The fraction of sp³-hybridized carbons (Fsp3) is 0.700. The summed E-state index contributed by atoms with van der Waals surface area (Å²) in [6.07, 6.45) is 7.23. The monoisotopic (exact) mass is 436 g/mol. The van der Waals surface area contributed by atoms with E-state index in [1.165, 1.54) is 42.4 Å². The molecule has 1 heterocycles. The number of nitrogens with two attached hydrogens (primary N) is 1. The molecular weight excluding hydrogens is 408 g/mol. The number of nitrogens with zero attached hydrogens (tertiary/aromatic N) is 1. The highest BCUT2D eigenvalue weighted by atomic mass is 32.2. The summed E-state index contributed by atoms with van der Waals surface area (Å²) in [6, 6.07) is 0. The van der Waals surface area contributed by atoms with Gasteiger partial charge in [-0.25, -0.2) is 4.98 Å². The Labute approximate surface area is 179 Å². The van der Waals surface area contributed by atoms with Gasteiger partial charge in [-0.3, -0.25) is 14.4 Å². The van der Waals surface area contributed by atoms with Gasteiger partial charge in [-0.05, 0) is 63.2 Å². The topological polar surface area (TPSA) is 114 Å². The lowest BCUT2D eigenvalue weighted by atomic mass is 9.49. The van der Waals surface area contributed by atoms with Crippen LogP contribution in [0.25, 0.3) is 0 Å². The number of carbonyl (C=O) groups is 3. The van der Waals surface area contributed by atoms with Crippen LogP contribution in [0.15, 0.2) is 4.21 Å². The molecule has 158 valence electrons. The Balaban J connectivity index is 1.24. The Morgan fingerprint density at radius 3 is 2.38 bits per heavy atom. The Bertz CT molecular complexity index is 787. The number of primary amides is 1. The second kappa shape index (κ2) is 8.26. The molecule has 0 atom stereocenters. The zero-order chi connectivity index (χ0) is 20.6. The van der Waals surface area contributed by atoms with Crippen molar-refractivity contribution in [2.75, 3.05) is 17.6 Å². The van der Waals surface area contributed by atoms with Gasteiger partial charge in [0.15, 0.2) is 5.13 Å². The van der Waals surface area contributed by atoms with Gasteiger partial charge in [0.05, 0.1) is 15.7 Å². The lowest BCUT2D eigenvalue weighted by molar-refractivity contribution is -0.146. The maximum absolute atomic E-state index is 12.9. The Morgan fingerprint density at radius 1 is 1.17 bits per heavy atom. The SMILES string of the molecule is Cc1nc(NC(=O)CCNC(=O)C23CC4CC(CC(C4)C2)C3)sc1SCC(N)=O. The van der Waals surface area contributed by atoms with Gasteiger partial charge >= 0.3 is 0 Å². The summed E-state index contributed by atoms with van der Waals surface area (Å²) >= 11 is 2.66.